The molecular weight excluding hydrogens is 394 g/mol. The van der Waals surface area contributed by atoms with Crippen LogP contribution in [0.25, 0.3) is 0 Å². The van der Waals surface area contributed by atoms with E-state index in [1.165, 1.54) is 21.3 Å². The molecule has 0 bridgehead atoms. The summed E-state index contributed by atoms with van der Waals surface area (Å²) in [6.07, 6.45) is -3.35. The van der Waals surface area contributed by atoms with E-state index in [1.54, 1.807) is 26.0 Å². The first-order chi connectivity index (χ1) is 14.3. The molecule has 30 heavy (non-hydrogen) atoms. The molecule has 0 radical (unpaired) electrons. The molecule has 9 heteroatoms. The Bertz CT molecular complexity index is 740. The van der Waals surface area contributed by atoms with Gasteiger partial charge in [0.05, 0.1) is 19.6 Å². The number of methoxy groups -OCH3 is 3. The minimum atomic E-state index is -0.848. The maximum absolute atomic E-state index is 13.0. The molecule has 2 fully saturated rings. The van der Waals surface area contributed by atoms with Gasteiger partial charge in [0, 0.05) is 14.2 Å². The van der Waals surface area contributed by atoms with Crippen molar-refractivity contribution in [3.05, 3.63) is 35.9 Å². The fourth-order valence-corrected chi connectivity index (χ4v) is 3.89. The highest BCUT2D eigenvalue weighted by atomic mass is 16.8. The Morgan fingerprint density at radius 1 is 1.13 bits per heavy atom. The second kappa shape index (κ2) is 9.40. The monoisotopic (exact) mass is 423 g/mol. The molecule has 9 nitrogen and oxygen atoms in total. The summed E-state index contributed by atoms with van der Waals surface area (Å²) in [6, 6.07) is 8.34. The predicted molar refractivity (Wildman–Crippen MR) is 104 cm³/mol. The van der Waals surface area contributed by atoms with E-state index in [4.69, 9.17) is 28.4 Å². The first-order valence-electron chi connectivity index (χ1n) is 9.78. The number of rotatable bonds is 8. The van der Waals surface area contributed by atoms with Crippen LogP contribution in [0.4, 0.5) is 0 Å². The highest BCUT2D eigenvalue weighted by molar-refractivity contribution is 5.83. The van der Waals surface area contributed by atoms with Gasteiger partial charge in [-0.15, -0.1) is 0 Å². The number of esters is 1. The van der Waals surface area contributed by atoms with Crippen LogP contribution in [0.2, 0.25) is 0 Å². The first-order valence-corrected chi connectivity index (χ1v) is 9.78. The van der Waals surface area contributed by atoms with Gasteiger partial charge < -0.3 is 33.7 Å². The zero-order chi connectivity index (χ0) is 21.9. The lowest BCUT2D eigenvalue weighted by Gasteiger charge is -2.31. The highest BCUT2D eigenvalue weighted by Gasteiger charge is 2.57. The fourth-order valence-electron chi connectivity index (χ4n) is 3.89. The Morgan fingerprint density at radius 2 is 1.83 bits per heavy atom. The lowest BCUT2D eigenvalue weighted by molar-refractivity contribution is -0.220. The van der Waals surface area contributed by atoms with E-state index in [0.717, 1.165) is 0 Å². The van der Waals surface area contributed by atoms with E-state index in [1.807, 2.05) is 18.2 Å². The van der Waals surface area contributed by atoms with Crippen LogP contribution in [-0.4, -0.2) is 69.6 Å². The Labute approximate surface area is 175 Å². The second-order valence-electron chi connectivity index (χ2n) is 7.69. The topological polar surface area (TPSA) is 102 Å². The summed E-state index contributed by atoms with van der Waals surface area (Å²) in [6.45, 7) is 3.57. The van der Waals surface area contributed by atoms with Crippen molar-refractivity contribution in [1.82, 2.24) is 5.32 Å². The summed E-state index contributed by atoms with van der Waals surface area (Å²) < 4.78 is 33.5. The maximum atomic E-state index is 13.0. The van der Waals surface area contributed by atoms with Gasteiger partial charge in [0.25, 0.3) is 5.91 Å². The number of benzene rings is 1. The van der Waals surface area contributed by atoms with Gasteiger partial charge >= 0.3 is 5.97 Å². The molecule has 2 aliphatic rings. The minimum Gasteiger partial charge on any atom is -0.469 e. The van der Waals surface area contributed by atoms with Gasteiger partial charge in [0.15, 0.2) is 18.2 Å². The van der Waals surface area contributed by atoms with Crippen LogP contribution in [0.3, 0.4) is 0 Å². The lowest BCUT2D eigenvalue weighted by Crippen LogP contribution is -2.52. The molecular formula is C21H29NO8. The smallest absolute Gasteiger partial charge is 0.307 e. The van der Waals surface area contributed by atoms with E-state index in [9.17, 15) is 9.59 Å². The van der Waals surface area contributed by atoms with Crippen LogP contribution >= 0.6 is 0 Å². The largest absolute Gasteiger partial charge is 0.469 e. The molecule has 166 valence electrons. The number of hydrogen-bond acceptors (Lipinski definition) is 8. The van der Waals surface area contributed by atoms with Gasteiger partial charge in [0.2, 0.25) is 0 Å². The fraction of sp³-hybridized carbons (Fsp3) is 0.619. The van der Waals surface area contributed by atoms with Gasteiger partial charge in [0.1, 0.15) is 18.3 Å². The molecule has 2 saturated heterocycles. The number of hydrogen-bond donors (Lipinski definition) is 1. The Kier molecular flexibility index (Phi) is 7.10. The van der Waals surface area contributed by atoms with E-state index in [0.29, 0.717) is 5.56 Å². The Hall–Kier alpha value is -2.04. The summed E-state index contributed by atoms with van der Waals surface area (Å²) in [5.41, 5.74) is 0.690. The third-order valence-electron chi connectivity index (χ3n) is 5.21. The average molecular weight is 423 g/mol. The molecule has 0 saturated carbocycles. The summed E-state index contributed by atoms with van der Waals surface area (Å²) in [4.78, 5) is 25.1. The molecule has 0 spiro atoms. The summed E-state index contributed by atoms with van der Waals surface area (Å²) in [5.74, 6) is -1.71. The van der Waals surface area contributed by atoms with E-state index < -0.39 is 54.4 Å². The van der Waals surface area contributed by atoms with E-state index in [2.05, 4.69) is 5.32 Å². The van der Waals surface area contributed by atoms with E-state index >= 15 is 0 Å². The van der Waals surface area contributed by atoms with Crippen LogP contribution in [0.15, 0.2) is 30.3 Å². The van der Waals surface area contributed by atoms with Crippen molar-refractivity contribution in [2.75, 3.05) is 21.3 Å². The molecule has 2 heterocycles. The normalized spacial score (nSPS) is 29.1. The van der Waals surface area contributed by atoms with Crippen molar-refractivity contribution in [3.63, 3.8) is 0 Å². The van der Waals surface area contributed by atoms with Crippen molar-refractivity contribution >= 4 is 11.9 Å². The number of carbonyl (C=O) groups excluding carboxylic acids is 2. The van der Waals surface area contributed by atoms with Crippen LogP contribution in [0.5, 0.6) is 0 Å². The van der Waals surface area contributed by atoms with Crippen molar-refractivity contribution in [2.45, 2.75) is 62.8 Å². The highest BCUT2D eigenvalue weighted by Crippen LogP contribution is 2.40. The molecule has 1 N–H and O–H groups in total. The maximum Gasteiger partial charge on any atom is 0.307 e. The van der Waals surface area contributed by atoms with Crippen LogP contribution in [-0.2, 0) is 38.0 Å². The summed E-state index contributed by atoms with van der Waals surface area (Å²) in [5, 5.41) is 2.87. The molecule has 2 aliphatic heterocycles. The zero-order valence-electron chi connectivity index (χ0n) is 17.8. The first kappa shape index (κ1) is 22.6. The molecule has 0 aliphatic carbocycles. The van der Waals surface area contributed by atoms with Crippen LogP contribution < -0.4 is 5.32 Å². The van der Waals surface area contributed by atoms with Gasteiger partial charge in [-0.05, 0) is 19.4 Å². The van der Waals surface area contributed by atoms with Gasteiger partial charge in [-0.25, -0.2) is 0 Å². The number of amides is 1. The molecule has 3 rings (SSSR count). The van der Waals surface area contributed by atoms with Crippen molar-refractivity contribution in [1.29, 1.82) is 0 Å². The molecule has 1 amide bonds. The van der Waals surface area contributed by atoms with Gasteiger partial charge in [-0.2, -0.15) is 0 Å². The number of nitrogens with one attached hydrogen (secondary N) is 1. The van der Waals surface area contributed by atoms with Gasteiger partial charge in [-0.1, -0.05) is 30.3 Å². The average Bonchev–Trinajstić information content (AvgIpc) is 3.19. The number of ether oxygens (including phenoxy) is 6. The van der Waals surface area contributed by atoms with Crippen LogP contribution in [0, 0.1) is 0 Å². The van der Waals surface area contributed by atoms with Crippen LogP contribution in [0.1, 0.15) is 31.9 Å². The third-order valence-corrected chi connectivity index (χ3v) is 5.21. The second-order valence-corrected chi connectivity index (χ2v) is 7.69. The molecule has 1 aromatic carbocycles. The molecule has 1 aromatic rings. The standard InChI is InChI=1S/C21H29NO8/c1-21(2)29-18-17(27-5)16(28-20(18)30-21)13(11-14(23)25-3)22-19(24)15(26-4)12-9-7-6-8-10-12/h6-10,13,15-18,20H,11H2,1-5H3,(H,22,24)/t13-,15-,16+,17+,18+,20+/m0/s1. The summed E-state index contributed by atoms with van der Waals surface area (Å²) in [7, 11) is 4.26. The van der Waals surface area contributed by atoms with E-state index in [-0.39, 0.29) is 6.42 Å². The third kappa shape index (κ3) is 4.81. The number of carbonyl (C=O) groups is 2. The zero-order valence-corrected chi connectivity index (χ0v) is 17.8. The lowest BCUT2D eigenvalue weighted by atomic mass is 9.99. The quantitative estimate of drug-likeness (QED) is 0.625. The van der Waals surface area contributed by atoms with Crippen molar-refractivity contribution in [3.8, 4) is 0 Å². The predicted octanol–water partition coefficient (Wildman–Crippen LogP) is 1.31. The van der Waals surface area contributed by atoms with Crippen molar-refractivity contribution < 1.29 is 38.0 Å². The molecule has 0 unspecified atom stereocenters. The number of fused-ring (bicyclic) bond motifs is 1. The SMILES string of the molecule is COC(=O)C[C@H](NC(=O)[C@@H](OC)c1ccccc1)[C@H]1O[C@@H]2OC(C)(C)O[C@@H]2[C@@H]1OC. The molecule has 0 aromatic heterocycles. The minimum absolute atomic E-state index is 0.110. The Morgan fingerprint density at radius 3 is 2.43 bits per heavy atom. The molecule has 6 atom stereocenters. The van der Waals surface area contributed by atoms with Gasteiger partial charge in [-0.3, -0.25) is 9.59 Å². The Balaban J connectivity index is 1.79. The summed E-state index contributed by atoms with van der Waals surface area (Å²) >= 11 is 0. The van der Waals surface area contributed by atoms with Crippen molar-refractivity contribution in [2.24, 2.45) is 0 Å².